The summed E-state index contributed by atoms with van der Waals surface area (Å²) in [6.07, 6.45) is -0.182. The number of fused-ring (bicyclic) bond motifs is 3. The lowest BCUT2D eigenvalue weighted by Gasteiger charge is -2.19. The number of hydrogen-bond donors (Lipinski definition) is 3. The first-order chi connectivity index (χ1) is 11.1. The topological polar surface area (TPSA) is 73.3 Å². The second kappa shape index (κ2) is 5.01. The number of aromatic amines is 1. The Morgan fingerprint density at radius 3 is 2.57 bits per heavy atom. The summed E-state index contributed by atoms with van der Waals surface area (Å²) in [6.45, 7) is 0. The number of anilines is 2. The largest absolute Gasteiger partial charge is 0.378 e. The third-order valence-electron chi connectivity index (χ3n) is 4.12. The van der Waals surface area contributed by atoms with Crippen LogP contribution in [0.3, 0.4) is 0 Å². The van der Waals surface area contributed by atoms with Crippen LogP contribution in [-0.4, -0.2) is 25.0 Å². The molecule has 23 heavy (non-hydrogen) atoms. The van der Waals surface area contributed by atoms with Gasteiger partial charge in [-0.1, -0.05) is 24.3 Å². The Morgan fingerprint density at radius 1 is 1.09 bits per heavy atom. The molecular weight excluding hydrogens is 288 g/mol. The van der Waals surface area contributed by atoms with Gasteiger partial charge in [0.05, 0.1) is 0 Å². The number of nitrogens with two attached hydrogens (primary N) is 1. The smallest absolute Gasteiger partial charge is 0.365 e. The number of nitrogens with one attached hydrogen (secondary N) is 2. The van der Waals surface area contributed by atoms with Crippen LogP contribution in [0, 0.1) is 0 Å². The van der Waals surface area contributed by atoms with Gasteiger partial charge in [0.25, 0.3) is 5.96 Å². The van der Waals surface area contributed by atoms with E-state index in [0.717, 1.165) is 28.2 Å². The Kier molecular flexibility index (Phi) is 2.97. The monoisotopic (exact) mass is 307 g/mol. The summed E-state index contributed by atoms with van der Waals surface area (Å²) in [5.74, 6) is 1.26. The number of rotatable bonds is 2. The van der Waals surface area contributed by atoms with Crippen LogP contribution < -0.4 is 20.5 Å². The van der Waals surface area contributed by atoms with Gasteiger partial charge in [-0.25, -0.2) is 14.9 Å². The zero-order chi connectivity index (χ0) is 16.0. The molecule has 0 bridgehead atoms. The Morgan fingerprint density at radius 2 is 1.83 bits per heavy atom. The van der Waals surface area contributed by atoms with Crippen molar-refractivity contribution in [2.75, 3.05) is 24.3 Å². The second-order valence-electron chi connectivity index (χ2n) is 5.86. The van der Waals surface area contributed by atoms with Crippen molar-refractivity contribution in [1.82, 2.24) is 4.98 Å². The second-order valence-corrected chi connectivity index (χ2v) is 5.86. The van der Waals surface area contributed by atoms with Gasteiger partial charge in [-0.2, -0.15) is 4.99 Å². The van der Waals surface area contributed by atoms with Crippen molar-refractivity contribution in [1.29, 1.82) is 0 Å². The number of aliphatic imine (C=N–C) groups is 1. The van der Waals surface area contributed by atoms with Crippen LogP contribution in [0.1, 0.15) is 11.7 Å². The number of guanidine groups is 1. The molecule has 4 N–H and O–H groups in total. The van der Waals surface area contributed by atoms with Crippen molar-refractivity contribution in [2.45, 2.75) is 6.17 Å². The van der Waals surface area contributed by atoms with E-state index >= 15 is 0 Å². The molecule has 0 spiro atoms. The van der Waals surface area contributed by atoms with Crippen LogP contribution in [0.2, 0.25) is 0 Å². The van der Waals surface area contributed by atoms with Gasteiger partial charge in [0.1, 0.15) is 11.0 Å². The van der Waals surface area contributed by atoms with Crippen molar-refractivity contribution in [3.8, 4) is 0 Å². The minimum atomic E-state index is -0.182. The molecule has 0 saturated heterocycles. The molecule has 0 unspecified atom stereocenters. The zero-order valence-corrected chi connectivity index (χ0v) is 13.1. The van der Waals surface area contributed by atoms with Gasteiger partial charge in [-0.3, -0.25) is 0 Å². The molecule has 1 aliphatic heterocycles. The Bertz CT molecular complexity index is 891. The molecule has 1 atom stereocenters. The molecule has 3 aromatic rings. The molecular formula is C17H19N6+. The van der Waals surface area contributed by atoms with Crippen LogP contribution in [-0.2, 0) is 0 Å². The number of benzene rings is 2. The van der Waals surface area contributed by atoms with Gasteiger partial charge in [0, 0.05) is 25.3 Å². The molecule has 4 rings (SSSR count). The van der Waals surface area contributed by atoms with Gasteiger partial charge >= 0.3 is 5.95 Å². The molecule has 2 aromatic carbocycles. The number of nitrogens with zero attached hydrogens (tertiary/aromatic N) is 3. The zero-order valence-electron chi connectivity index (χ0n) is 13.1. The third-order valence-corrected chi connectivity index (χ3v) is 4.12. The van der Waals surface area contributed by atoms with Gasteiger partial charge in [0.2, 0.25) is 6.17 Å². The molecule has 1 aromatic heterocycles. The van der Waals surface area contributed by atoms with E-state index in [0.29, 0.717) is 5.96 Å². The van der Waals surface area contributed by atoms with Crippen molar-refractivity contribution >= 4 is 28.6 Å². The quantitative estimate of drug-likeness (QED) is 0.632. The molecule has 1 aliphatic rings. The van der Waals surface area contributed by atoms with Crippen LogP contribution in [0.25, 0.3) is 11.0 Å². The average Bonchev–Trinajstić information content (AvgIpc) is 2.92. The summed E-state index contributed by atoms with van der Waals surface area (Å²) in [5.41, 5.74) is 10.4. The maximum absolute atomic E-state index is 5.97. The fourth-order valence-corrected chi connectivity index (χ4v) is 2.95. The highest BCUT2D eigenvalue weighted by atomic mass is 15.4. The number of aromatic nitrogens is 2. The first-order valence-corrected chi connectivity index (χ1v) is 7.53. The maximum atomic E-state index is 5.97. The van der Waals surface area contributed by atoms with Crippen molar-refractivity contribution in [2.24, 2.45) is 10.7 Å². The number of H-pyrrole nitrogens is 1. The Labute approximate surface area is 134 Å². The molecule has 0 radical (unpaired) electrons. The summed E-state index contributed by atoms with van der Waals surface area (Å²) >= 11 is 0. The third kappa shape index (κ3) is 2.19. The molecule has 6 heteroatoms. The Hall–Kier alpha value is -3.02. The van der Waals surface area contributed by atoms with Crippen molar-refractivity contribution < 1.29 is 4.57 Å². The first kappa shape index (κ1) is 13.6. The normalized spacial score (nSPS) is 16.6. The number of para-hydroxylation sites is 2. The standard InChI is InChI=1S/C17H18N6/c1-22(2)12-9-7-11(8-10-12)15-20-16(18)21-17-19-13-5-3-4-6-14(13)23(15)17/h3-10,15H,1-2H3,(H3,18,19,20,21)/p+1/t15-/m0/s1. The lowest BCUT2D eigenvalue weighted by Crippen LogP contribution is -2.48. The summed E-state index contributed by atoms with van der Waals surface area (Å²) in [7, 11) is 4.06. The minimum Gasteiger partial charge on any atom is -0.378 e. The lowest BCUT2D eigenvalue weighted by molar-refractivity contribution is -0.674. The van der Waals surface area contributed by atoms with Crippen molar-refractivity contribution in [3.05, 3.63) is 54.1 Å². The lowest BCUT2D eigenvalue weighted by atomic mass is 10.1. The van der Waals surface area contributed by atoms with E-state index in [1.807, 2.05) is 32.3 Å². The van der Waals surface area contributed by atoms with E-state index in [1.54, 1.807) is 0 Å². The van der Waals surface area contributed by atoms with E-state index in [4.69, 9.17) is 5.73 Å². The highest BCUT2D eigenvalue weighted by molar-refractivity contribution is 5.92. The summed E-state index contributed by atoms with van der Waals surface area (Å²) < 4.78 is 2.14. The predicted molar refractivity (Wildman–Crippen MR) is 92.6 cm³/mol. The van der Waals surface area contributed by atoms with Crippen LogP contribution in [0.4, 0.5) is 11.6 Å². The highest BCUT2D eigenvalue weighted by Gasteiger charge is 2.30. The molecule has 0 fully saturated rings. The van der Waals surface area contributed by atoms with Crippen LogP contribution >= 0.6 is 0 Å². The van der Waals surface area contributed by atoms with E-state index in [-0.39, 0.29) is 6.17 Å². The van der Waals surface area contributed by atoms with E-state index in [2.05, 4.69) is 55.1 Å². The summed E-state index contributed by atoms with van der Waals surface area (Å²) in [4.78, 5) is 10.0. The average molecular weight is 307 g/mol. The van der Waals surface area contributed by atoms with Gasteiger partial charge in [-0.05, 0) is 24.3 Å². The number of hydrogen-bond acceptors (Lipinski definition) is 4. The van der Waals surface area contributed by atoms with Crippen molar-refractivity contribution in [3.63, 3.8) is 0 Å². The summed E-state index contributed by atoms with van der Waals surface area (Å²) in [5, 5.41) is 3.11. The van der Waals surface area contributed by atoms with E-state index < -0.39 is 0 Å². The fourth-order valence-electron chi connectivity index (χ4n) is 2.95. The maximum Gasteiger partial charge on any atom is 0.365 e. The highest BCUT2D eigenvalue weighted by Crippen LogP contribution is 2.25. The predicted octanol–water partition coefficient (Wildman–Crippen LogP) is 1.81. The Balaban J connectivity index is 1.86. The molecule has 0 amide bonds. The van der Waals surface area contributed by atoms with Gasteiger partial charge in [0.15, 0.2) is 0 Å². The van der Waals surface area contributed by atoms with Gasteiger partial charge < -0.3 is 10.6 Å². The van der Waals surface area contributed by atoms with Gasteiger partial charge in [-0.15, -0.1) is 0 Å². The number of imidazole rings is 1. The minimum absolute atomic E-state index is 0.182. The molecule has 0 aliphatic carbocycles. The molecule has 116 valence electrons. The molecule has 0 saturated carbocycles. The SMILES string of the molecule is CN(C)c1ccc([C@H]2N=C(N)Nc3[nH]c4ccccc4[n+]32)cc1. The van der Waals surface area contributed by atoms with E-state index in [1.165, 1.54) is 0 Å². The van der Waals surface area contributed by atoms with Crippen LogP contribution in [0.5, 0.6) is 0 Å². The summed E-state index contributed by atoms with van der Waals surface area (Å²) in [6, 6.07) is 16.5. The van der Waals surface area contributed by atoms with E-state index in [9.17, 15) is 0 Å². The first-order valence-electron chi connectivity index (χ1n) is 7.53. The molecule has 2 heterocycles. The fraction of sp³-hybridized carbons (Fsp3) is 0.176. The van der Waals surface area contributed by atoms with Crippen LogP contribution in [0.15, 0.2) is 53.5 Å². The molecule has 6 nitrogen and oxygen atoms in total.